The molecule has 0 aliphatic carbocycles. The summed E-state index contributed by atoms with van der Waals surface area (Å²) in [4.78, 5) is 1.88. The molecular weight excluding hydrogens is 128 g/mol. The summed E-state index contributed by atoms with van der Waals surface area (Å²) in [5, 5.41) is 9.73. The zero-order valence-electron chi connectivity index (χ0n) is 4.61. The van der Waals surface area contributed by atoms with Crippen molar-refractivity contribution in [3.8, 4) is 0 Å². The van der Waals surface area contributed by atoms with Crippen LogP contribution >= 0.6 is 12.4 Å². The van der Waals surface area contributed by atoms with Gasteiger partial charge in [0.05, 0.1) is 0 Å². The SMILES string of the molecule is CN1C=CN(O)C1.Cl. The maximum absolute atomic E-state index is 8.60. The molecule has 1 aliphatic heterocycles. The smallest absolute Gasteiger partial charge is 0.115 e. The molecule has 0 saturated carbocycles. The summed E-state index contributed by atoms with van der Waals surface area (Å²) in [6, 6.07) is 0. The molecule has 8 heavy (non-hydrogen) atoms. The Labute approximate surface area is 54.6 Å². The lowest BCUT2D eigenvalue weighted by atomic mass is 10.9. The third-order valence-electron chi connectivity index (χ3n) is 0.861. The van der Waals surface area contributed by atoms with E-state index in [0.717, 1.165) is 5.06 Å². The van der Waals surface area contributed by atoms with Gasteiger partial charge in [0.2, 0.25) is 0 Å². The molecule has 0 amide bonds. The van der Waals surface area contributed by atoms with E-state index in [0.29, 0.717) is 6.67 Å². The van der Waals surface area contributed by atoms with Gasteiger partial charge in [-0.15, -0.1) is 12.4 Å². The van der Waals surface area contributed by atoms with E-state index in [1.165, 1.54) is 0 Å². The molecule has 0 spiro atoms. The van der Waals surface area contributed by atoms with Crippen molar-refractivity contribution in [1.29, 1.82) is 0 Å². The molecule has 0 atom stereocenters. The van der Waals surface area contributed by atoms with Gasteiger partial charge in [-0.3, -0.25) is 5.21 Å². The highest BCUT2D eigenvalue weighted by molar-refractivity contribution is 5.85. The quantitative estimate of drug-likeness (QED) is 0.525. The molecule has 0 aromatic rings. The van der Waals surface area contributed by atoms with Crippen molar-refractivity contribution in [2.75, 3.05) is 13.7 Å². The van der Waals surface area contributed by atoms with Gasteiger partial charge in [0.25, 0.3) is 0 Å². The molecule has 3 nitrogen and oxygen atoms in total. The van der Waals surface area contributed by atoms with E-state index in [2.05, 4.69) is 0 Å². The monoisotopic (exact) mass is 136 g/mol. The Morgan fingerprint density at radius 1 is 1.50 bits per heavy atom. The first-order valence-corrected chi connectivity index (χ1v) is 2.13. The van der Waals surface area contributed by atoms with E-state index in [9.17, 15) is 0 Å². The van der Waals surface area contributed by atoms with Crippen LogP contribution < -0.4 is 0 Å². The number of halogens is 1. The highest BCUT2D eigenvalue weighted by Crippen LogP contribution is 1.97. The number of nitrogens with zero attached hydrogens (tertiary/aromatic N) is 2. The minimum absolute atomic E-state index is 0. The molecule has 0 bridgehead atoms. The number of hydrogen-bond acceptors (Lipinski definition) is 3. The summed E-state index contributed by atoms with van der Waals surface area (Å²) < 4.78 is 0. The predicted molar refractivity (Wildman–Crippen MR) is 32.6 cm³/mol. The average Bonchev–Trinajstić information content (AvgIpc) is 1.87. The summed E-state index contributed by atoms with van der Waals surface area (Å²) in [5.41, 5.74) is 0. The fraction of sp³-hybridized carbons (Fsp3) is 0.500. The summed E-state index contributed by atoms with van der Waals surface area (Å²) >= 11 is 0. The molecule has 1 heterocycles. The minimum Gasteiger partial charge on any atom is -0.360 e. The maximum Gasteiger partial charge on any atom is 0.115 e. The molecule has 0 saturated heterocycles. The van der Waals surface area contributed by atoms with Crippen LogP contribution in [-0.4, -0.2) is 28.9 Å². The Kier molecular flexibility index (Phi) is 2.65. The van der Waals surface area contributed by atoms with Crippen molar-refractivity contribution in [3.05, 3.63) is 12.4 Å². The lowest BCUT2D eigenvalue weighted by Gasteiger charge is -2.08. The first kappa shape index (κ1) is 7.59. The molecule has 1 N–H and O–H groups in total. The molecule has 0 unspecified atom stereocenters. The number of hydroxylamine groups is 2. The second-order valence-electron chi connectivity index (χ2n) is 1.64. The summed E-state index contributed by atoms with van der Waals surface area (Å²) in [5.74, 6) is 0. The van der Waals surface area contributed by atoms with Crippen molar-refractivity contribution in [2.24, 2.45) is 0 Å². The summed E-state index contributed by atoms with van der Waals surface area (Å²) in [6.07, 6.45) is 3.42. The van der Waals surface area contributed by atoms with E-state index in [1.807, 2.05) is 11.9 Å². The minimum atomic E-state index is 0. The third-order valence-corrected chi connectivity index (χ3v) is 0.861. The van der Waals surface area contributed by atoms with Crippen LogP contribution in [0.5, 0.6) is 0 Å². The highest BCUT2D eigenvalue weighted by atomic mass is 35.5. The third kappa shape index (κ3) is 1.60. The van der Waals surface area contributed by atoms with Gasteiger partial charge in [-0.2, -0.15) is 0 Å². The van der Waals surface area contributed by atoms with Crippen LogP contribution in [-0.2, 0) is 0 Å². The van der Waals surface area contributed by atoms with E-state index >= 15 is 0 Å². The molecule has 48 valence electrons. The maximum atomic E-state index is 8.60. The van der Waals surface area contributed by atoms with E-state index in [1.54, 1.807) is 12.4 Å². The topological polar surface area (TPSA) is 26.7 Å². The van der Waals surface area contributed by atoms with E-state index in [4.69, 9.17) is 5.21 Å². The van der Waals surface area contributed by atoms with Gasteiger partial charge in [-0.25, -0.2) is 5.06 Å². The lowest BCUT2D eigenvalue weighted by molar-refractivity contribution is -0.0513. The molecule has 1 aliphatic rings. The molecule has 0 fully saturated rings. The summed E-state index contributed by atoms with van der Waals surface area (Å²) in [6.45, 7) is 0.583. The highest BCUT2D eigenvalue weighted by Gasteiger charge is 2.01. The Balaban J connectivity index is 0.000000490. The Bertz CT molecular complexity index is 86.0. The molecule has 0 aromatic carbocycles. The predicted octanol–water partition coefficient (Wildman–Crippen LogP) is 0.474. The second-order valence-corrected chi connectivity index (χ2v) is 1.64. The fourth-order valence-electron chi connectivity index (χ4n) is 0.514. The normalized spacial score (nSPS) is 16.8. The van der Waals surface area contributed by atoms with Crippen molar-refractivity contribution in [1.82, 2.24) is 9.96 Å². The molecule has 0 aromatic heterocycles. The van der Waals surface area contributed by atoms with Gasteiger partial charge < -0.3 is 4.90 Å². The Morgan fingerprint density at radius 2 is 2.12 bits per heavy atom. The van der Waals surface area contributed by atoms with Crippen LogP contribution in [0.1, 0.15) is 0 Å². The zero-order chi connectivity index (χ0) is 5.28. The van der Waals surface area contributed by atoms with Crippen LogP contribution in [0, 0.1) is 0 Å². The number of rotatable bonds is 0. The fourth-order valence-corrected chi connectivity index (χ4v) is 0.514. The molecular formula is C4H9ClN2O. The van der Waals surface area contributed by atoms with Gasteiger partial charge in [0, 0.05) is 19.4 Å². The first-order valence-electron chi connectivity index (χ1n) is 2.13. The zero-order valence-corrected chi connectivity index (χ0v) is 5.43. The number of hydrogen-bond donors (Lipinski definition) is 1. The van der Waals surface area contributed by atoms with Gasteiger partial charge in [-0.1, -0.05) is 0 Å². The van der Waals surface area contributed by atoms with Crippen molar-refractivity contribution in [2.45, 2.75) is 0 Å². The van der Waals surface area contributed by atoms with Gasteiger partial charge in [0.15, 0.2) is 0 Å². The summed E-state index contributed by atoms with van der Waals surface area (Å²) in [7, 11) is 1.90. The first-order chi connectivity index (χ1) is 3.29. The Hall–Kier alpha value is -0.410. The standard InChI is InChI=1S/C4H8N2O.ClH/c1-5-2-3-6(7)4-5;/h2-3,7H,4H2,1H3;1H. The van der Waals surface area contributed by atoms with Crippen LogP contribution in [0.25, 0.3) is 0 Å². The lowest BCUT2D eigenvalue weighted by Crippen LogP contribution is -2.18. The van der Waals surface area contributed by atoms with Crippen LogP contribution in [0.3, 0.4) is 0 Å². The molecule has 0 radical (unpaired) electrons. The second kappa shape index (κ2) is 2.79. The average molecular weight is 137 g/mol. The van der Waals surface area contributed by atoms with Gasteiger partial charge >= 0.3 is 0 Å². The van der Waals surface area contributed by atoms with Crippen molar-refractivity contribution >= 4 is 12.4 Å². The van der Waals surface area contributed by atoms with Crippen LogP contribution in [0.2, 0.25) is 0 Å². The van der Waals surface area contributed by atoms with Crippen molar-refractivity contribution in [3.63, 3.8) is 0 Å². The Morgan fingerprint density at radius 3 is 2.25 bits per heavy atom. The van der Waals surface area contributed by atoms with Gasteiger partial charge in [-0.05, 0) is 0 Å². The van der Waals surface area contributed by atoms with E-state index < -0.39 is 0 Å². The molecule has 1 rings (SSSR count). The largest absolute Gasteiger partial charge is 0.360 e. The van der Waals surface area contributed by atoms with Crippen molar-refractivity contribution < 1.29 is 5.21 Å². The van der Waals surface area contributed by atoms with Crippen LogP contribution in [0.4, 0.5) is 0 Å². The van der Waals surface area contributed by atoms with E-state index in [-0.39, 0.29) is 12.4 Å². The van der Waals surface area contributed by atoms with Crippen LogP contribution in [0.15, 0.2) is 12.4 Å². The van der Waals surface area contributed by atoms with Gasteiger partial charge in [0.1, 0.15) is 6.67 Å². The molecule has 4 heteroatoms.